The van der Waals surface area contributed by atoms with E-state index in [-0.39, 0.29) is 3.58 Å². The molecule has 0 bridgehead atoms. The molecule has 4 heteroatoms. The van der Waals surface area contributed by atoms with Gasteiger partial charge in [-0.1, -0.05) is 0 Å². The fourth-order valence-electron chi connectivity index (χ4n) is 1.47. The number of hydrogen-bond acceptors (Lipinski definition) is 0. The Morgan fingerprint density at radius 2 is 1.43 bits per heavy atom. The summed E-state index contributed by atoms with van der Waals surface area (Å²) >= 11 is -6.43. The average Bonchev–Trinajstić information content (AvgIpc) is 2.15. The number of fused-ring (bicyclic) bond motifs is 1. The average molecular weight is 303 g/mol. The molecule has 0 N–H and O–H groups in total. The molecule has 2 rings (SSSR count). The van der Waals surface area contributed by atoms with E-state index in [1.807, 2.05) is 0 Å². The van der Waals surface area contributed by atoms with Gasteiger partial charge in [0, 0.05) is 0 Å². The monoisotopic (exact) mass is 304 g/mol. The first-order valence-electron chi connectivity index (χ1n) is 4.14. The first-order valence-corrected chi connectivity index (χ1v) is 8.80. The molecule has 0 heterocycles. The van der Waals surface area contributed by atoms with Crippen molar-refractivity contribution in [1.29, 1.82) is 0 Å². The maximum absolute atomic E-state index is 12.7. The normalized spacial score (nSPS) is 11.9. The molecule has 2 aromatic rings. The minimum absolute atomic E-state index is 0.346. The molecule has 2 aromatic carbocycles. The van der Waals surface area contributed by atoms with Gasteiger partial charge in [-0.25, -0.2) is 0 Å². The van der Waals surface area contributed by atoms with E-state index in [1.54, 1.807) is 24.3 Å². The molecule has 0 radical (unpaired) electrons. The molecule has 0 atom stereocenters. The second kappa shape index (κ2) is 3.46. The van der Waals surface area contributed by atoms with Gasteiger partial charge in [0.05, 0.1) is 0 Å². The Hall–Kier alpha value is -0.711. The molecule has 0 aliphatic rings. The Morgan fingerprint density at radius 3 is 2.14 bits per heavy atom. The zero-order chi connectivity index (χ0) is 10.2. The third kappa shape index (κ3) is 1.73. The summed E-state index contributed by atoms with van der Waals surface area (Å²) in [7, 11) is 0. The van der Waals surface area contributed by atoms with Gasteiger partial charge in [-0.15, -0.1) is 0 Å². The van der Waals surface area contributed by atoms with Crippen LogP contribution in [0.25, 0.3) is 10.8 Å². The van der Waals surface area contributed by atoms with Crippen LogP contribution >= 0.6 is 0 Å². The summed E-state index contributed by atoms with van der Waals surface area (Å²) in [5.74, 6) is 0. The van der Waals surface area contributed by atoms with E-state index in [1.165, 1.54) is 18.2 Å². The summed E-state index contributed by atoms with van der Waals surface area (Å²) < 4.78 is 37.8. The molecule has 0 spiro atoms. The van der Waals surface area contributed by atoms with Crippen LogP contribution in [0.2, 0.25) is 0 Å². The molecule has 0 unspecified atom stereocenters. The molecule has 0 saturated carbocycles. The van der Waals surface area contributed by atoms with Gasteiger partial charge in [0.25, 0.3) is 0 Å². The van der Waals surface area contributed by atoms with Crippen LogP contribution in [0, 0.1) is 0 Å². The van der Waals surface area contributed by atoms with E-state index in [2.05, 4.69) is 0 Å². The summed E-state index contributed by atoms with van der Waals surface area (Å²) in [5, 5.41) is 1.01. The first-order chi connectivity index (χ1) is 6.59. The van der Waals surface area contributed by atoms with Crippen LogP contribution in [0.1, 0.15) is 0 Å². The van der Waals surface area contributed by atoms with Crippen LogP contribution < -0.4 is 3.58 Å². The second-order valence-electron chi connectivity index (χ2n) is 3.02. The van der Waals surface area contributed by atoms with Crippen LogP contribution in [0.3, 0.4) is 0 Å². The molecule has 0 aliphatic carbocycles. The van der Waals surface area contributed by atoms with Crippen molar-refractivity contribution in [3.8, 4) is 0 Å². The molecule has 0 aromatic heterocycles. The van der Waals surface area contributed by atoms with Crippen molar-refractivity contribution < 1.29 is 8.60 Å². The van der Waals surface area contributed by atoms with E-state index in [4.69, 9.17) is 0 Å². The molecule has 0 fully saturated rings. The van der Waals surface area contributed by atoms with Crippen LogP contribution in [0.4, 0.5) is 8.60 Å². The fourth-order valence-corrected chi connectivity index (χ4v) is 3.81. The van der Waals surface area contributed by atoms with E-state index < -0.39 is 20.1 Å². The van der Waals surface area contributed by atoms with Crippen molar-refractivity contribution in [2.45, 2.75) is 0 Å². The Morgan fingerprint density at radius 1 is 0.786 bits per heavy atom. The van der Waals surface area contributed by atoms with E-state index >= 15 is 0 Å². The zero-order valence-electron chi connectivity index (χ0n) is 7.18. The Bertz CT molecular complexity index is 457. The molecule has 0 aliphatic heterocycles. The fraction of sp³-hybridized carbons (Fsp3) is 0. The summed E-state index contributed by atoms with van der Waals surface area (Å²) in [6.07, 6.45) is 0. The van der Waals surface area contributed by atoms with Gasteiger partial charge in [0.1, 0.15) is 0 Å². The predicted molar refractivity (Wildman–Crippen MR) is 52.7 cm³/mol. The van der Waals surface area contributed by atoms with Gasteiger partial charge < -0.3 is 0 Å². The van der Waals surface area contributed by atoms with Crippen LogP contribution in [0.5, 0.6) is 0 Å². The Labute approximate surface area is 85.6 Å². The van der Waals surface area contributed by atoms with Crippen molar-refractivity contribution in [3.63, 3.8) is 0 Å². The molecule has 72 valence electrons. The van der Waals surface area contributed by atoms with E-state index in [0.717, 1.165) is 0 Å². The molecular formula is C10H7F3Sn. The van der Waals surface area contributed by atoms with Crippen molar-refractivity contribution in [2.24, 2.45) is 0 Å². The predicted octanol–water partition coefficient (Wildman–Crippen LogP) is 2.89. The summed E-state index contributed by atoms with van der Waals surface area (Å²) in [6.45, 7) is 0. The SMILES string of the molecule is [F][Sn]([F])([F])[c]1cccc2ccccc12. The molecule has 14 heavy (non-hydrogen) atoms. The number of rotatable bonds is 1. The molecule has 0 saturated heterocycles. The van der Waals surface area contributed by atoms with Crippen molar-refractivity contribution in [1.82, 2.24) is 0 Å². The van der Waals surface area contributed by atoms with Gasteiger partial charge in [-0.3, -0.25) is 0 Å². The quantitative estimate of drug-likeness (QED) is 0.711. The molecular weight excluding hydrogens is 296 g/mol. The first kappa shape index (κ1) is 9.83. The Balaban J connectivity index is 2.78. The number of halogens is 3. The van der Waals surface area contributed by atoms with Crippen LogP contribution in [-0.2, 0) is 0 Å². The van der Waals surface area contributed by atoms with Gasteiger partial charge in [-0.2, -0.15) is 0 Å². The third-order valence-corrected chi connectivity index (χ3v) is 5.08. The summed E-state index contributed by atoms with van der Waals surface area (Å²) in [5.41, 5.74) is 0. The standard InChI is InChI=1S/C10H7.3FH.Sn/c1-2-6-10-8-4-3-7-9(10)5-1;;;;/h1-7H;3*1H;/q;;;;+3/p-3. The summed E-state index contributed by atoms with van der Waals surface area (Å²) in [4.78, 5) is 0. The second-order valence-corrected chi connectivity index (χ2v) is 7.40. The maximum atomic E-state index is 12.7. The molecule has 0 amide bonds. The Kier molecular flexibility index (Phi) is 2.43. The number of benzene rings is 2. The molecule has 0 nitrogen and oxygen atoms in total. The van der Waals surface area contributed by atoms with Crippen molar-refractivity contribution in [2.75, 3.05) is 0 Å². The topological polar surface area (TPSA) is 0 Å². The minimum atomic E-state index is -6.43. The third-order valence-electron chi connectivity index (χ3n) is 2.10. The number of hydrogen-bond donors (Lipinski definition) is 0. The van der Waals surface area contributed by atoms with E-state index in [9.17, 15) is 8.60 Å². The van der Waals surface area contributed by atoms with Crippen LogP contribution in [0.15, 0.2) is 42.5 Å². The van der Waals surface area contributed by atoms with Crippen LogP contribution in [-0.4, -0.2) is 20.1 Å². The summed E-state index contributed by atoms with van der Waals surface area (Å²) in [6, 6.07) is 11.0. The van der Waals surface area contributed by atoms with Gasteiger partial charge >= 0.3 is 85.5 Å². The van der Waals surface area contributed by atoms with Gasteiger partial charge in [0.15, 0.2) is 0 Å². The van der Waals surface area contributed by atoms with Crippen molar-refractivity contribution in [3.05, 3.63) is 42.5 Å². The zero-order valence-corrected chi connectivity index (χ0v) is 10.0. The van der Waals surface area contributed by atoms with Crippen molar-refractivity contribution >= 4 is 34.4 Å². The van der Waals surface area contributed by atoms with Gasteiger partial charge in [0.2, 0.25) is 0 Å². The van der Waals surface area contributed by atoms with E-state index in [0.29, 0.717) is 10.8 Å². The van der Waals surface area contributed by atoms with Gasteiger partial charge in [-0.05, 0) is 0 Å².